The minimum atomic E-state index is -1.21. The molecule has 2 aromatic carbocycles. The lowest BCUT2D eigenvalue weighted by Gasteiger charge is -2.26. The van der Waals surface area contributed by atoms with Gasteiger partial charge in [0.15, 0.2) is 0 Å². The van der Waals surface area contributed by atoms with Gasteiger partial charge in [-0.15, -0.1) is 0 Å². The molecule has 0 aliphatic carbocycles. The molecule has 0 saturated carbocycles. The molecule has 0 radical (unpaired) electrons. The number of aromatic nitrogens is 1. The van der Waals surface area contributed by atoms with Crippen LogP contribution in [-0.4, -0.2) is 21.2 Å². The normalized spacial score (nSPS) is 13.4. The van der Waals surface area contributed by atoms with Gasteiger partial charge in [-0.3, -0.25) is 0 Å². The van der Waals surface area contributed by atoms with E-state index in [9.17, 15) is 9.90 Å². The fourth-order valence-corrected chi connectivity index (χ4v) is 3.56. The molecule has 0 aliphatic heterocycles. The van der Waals surface area contributed by atoms with E-state index in [1.54, 1.807) is 6.92 Å². The van der Waals surface area contributed by atoms with Gasteiger partial charge in [0.2, 0.25) is 5.60 Å². The van der Waals surface area contributed by atoms with E-state index >= 15 is 0 Å². The summed E-state index contributed by atoms with van der Waals surface area (Å²) in [4.78, 5) is 11.7. The SMILES string of the molecule is CCCn1c(-c2ccccc2)cc2cc(OC(C)(CCC)C(=O)O)ccc21. The van der Waals surface area contributed by atoms with Gasteiger partial charge in [0.05, 0.1) is 0 Å². The van der Waals surface area contributed by atoms with Crippen LogP contribution in [0.2, 0.25) is 0 Å². The first kappa shape index (κ1) is 19.0. The van der Waals surface area contributed by atoms with E-state index in [1.165, 1.54) is 11.3 Å². The number of carboxylic acids is 1. The van der Waals surface area contributed by atoms with Crippen molar-refractivity contribution in [2.24, 2.45) is 0 Å². The average molecular weight is 365 g/mol. The summed E-state index contributed by atoms with van der Waals surface area (Å²) in [5, 5.41) is 10.6. The molecule has 0 amide bonds. The van der Waals surface area contributed by atoms with Crippen molar-refractivity contribution in [3.05, 3.63) is 54.6 Å². The molecular weight excluding hydrogens is 338 g/mol. The van der Waals surface area contributed by atoms with Crippen LogP contribution in [0.3, 0.4) is 0 Å². The van der Waals surface area contributed by atoms with Gasteiger partial charge < -0.3 is 14.4 Å². The smallest absolute Gasteiger partial charge is 0.347 e. The van der Waals surface area contributed by atoms with Crippen molar-refractivity contribution >= 4 is 16.9 Å². The first-order chi connectivity index (χ1) is 13.0. The van der Waals surface area contributed by atoms with E-state index in [4.69, 9.17) is 4.74 Å². The minimum Gasteiger partial charge on any atom is -0.478 e. The van der Waals surface area contributed by atoms with Crippen LogP contribution in [0.25, 0.3) is 22.2 Å². The molecule has 0 aliphatic rings. The predicted molar refractivity (Wildman–Crippen MR) is 109 cm³/mol. The molecule has 4 nitrogen and oxygen atoms in total. The Morgan fingerprint density at radius 3 is 2.44 bits per heavy atom. The summed E-state index contributed by atoms with van der Waals surface area (Å²) in [6, 6.07) is 18.3. The van der Waals surface area contributed by atoms with Gasteiger partial charge in [0, 0.05) is 23.1 Å². The van der Waals surface area contributed by atoms with Crippen LogP contribution in [0.4, 0.5) is 0 Å². The van der Waals surface area contributed by atoms with E-state index in [0.717, 1.165) is 30.3 Å². The third-order valence-corrected chi connectivity index (χ3v) is 4.91. The van der Waals surface area contributed by atoms with E-state index in [-0.39, 0.29) is 0 Å². The standard InChI is InChI=1S/C23H27NO3/c1-4-13-23(3,22(25)26)27-19-11-12-20-18(15-19)16-21(24(20)14-5-2)17-9-7-6-8-10-17/h6-12,15-16H,4-5,13-14H2,1-3H3,(H,25,26). The van der Waals surface area contributed by atoms with Crippen LogP contribution >= 0.6 is 0 Å². The number of benzene rings is 2. The predicted octanol–water partition coefficient (Wildman–Crippen LogP) is 5.74. The van der Waals surface area contributed by atoms with Crippen molar-refractivity contribution in [1.82, 2.24) is 4.57 Å². The van der Waals surface area contributed by atoms with E-state index < -0.39 is 11.6 Å². The Balaban J connectivity index is 2.04. The number of rotatable bonds is 8. The number of aryl methyl sites for hydroxylation is 1. The number of carboxylic acid groups (broad SMARTS) is 1. The zero-order valence-electron chi connectivity index (χ0n) is 16.2. The molecule has 27 heavy (non-hydrogen) atoms. The van der Waals surface area contributed by atoms with Crippen LogP contribution in [0, 0.1) is 0 Å². The first-order valence-electron chi connectivity index (χ1n) is 9.59. The first-order valence-corrected chi connectivity index (χ1v) is 9.59. The third-order valence-electron chi connectivity index (χ3n) is 4.91. The molecular formula is C23H27NO3. The van der Waals surface area contributed by atoms with Gasteiger partial charge in [-0.25, -0.2) is 4.79 Å². The maximum absolute atomic E-state index is 11.7. The van der Waals surface area contributed by atoms with Crippen LogP contribution in [-0.2, 0) is 11.3 Å². The second-order valence-corrected chi connectivity index (χ2v) is 7.16. The van der Waals surface area contributed by atoms with E-state index in [0.29, 0.717) is 12.2 Å². The van der Waals surface area contributed by atoms with Crippen molar-refractivity contribution in [1.29, 1.82) is 0 Å². The van der Waals surface area contributed by atoms with Crippen molar-refractivity contribution in [2.45, 2.75) is 52.2 Å². The monoisotopic (exact) mass is 365 g/mol. The van der Waals surface area contributed by atoms with Gasteiger partial charge in [-0.2, -0.15) is 0 Å². The fraction of sp³-hybridized carbons (Fsp3) is 0.348. The number of hydrogen-bond acceptors (Lipinski definition) is 2. The second kappa shape index (κ2) is 7.87. The molecule has 142 valence electrons. The summed E-state index contributed by atoms with van der Waals surface area (Å²) in [5.41, 5.74) is 2.26. The maximum Gasteiger partial charge on any atom is 0.347 e. The molecule has 1 N–H and O–H groups in total. The Morgan fingerprint density at radius 2 is 1.81 bits per heavy atom. The summed E-state index contributed by atoms with van der Waals surface area (Å²) >= 11 is 0. The summed E-state index contributed by atoms with van der Waals surface area (Å²) in [6.07, 6.45) is 2.25. The number of ether oxygens (including phenoxy) is 1. The Morgan fingerprint density at radius 1 is 1.07 bits per heavy atom. The van der Waals surface area contributed by atoms with Crippen molar-refractivity contribution < 1.29 is 14.6 Å². The molecule has 3 rings (SSSR count). The average Bonchev–Trinajstić information content (AvgIpc) is 3.01. The summed E-state index contributed by atoms with van der Waals surface area (Å²) in [7, 11) is 0. The second-order valence-electron chi connectivity index (χ2n) is 7.16. The highest BCUT2D eigenvalue weighted by Crippen LogP contribution is 2.32. The minimum absolute atomic E-state index is 0.465. The number of hydrogen-bond donors (Lipinski definition) is 1. The highest BCUT2D eigenvalue weighted by Gasteiger charge is 2.34. The zero-order valence-corrected chi connectivity index (χ0v) is 16.2. The van der Waals surface area contributed by atoms with Gasteiger partial charge in [0.25, 0.3) is 0 Å². The van der Waals surface area contributed by atoms with E-state index in [2.05, 4.69) is 29.7 Å². The van der Waals surface area contributed by atoms with Crippen LogP contribution in [0.15, 0.2) is 54.6 Å². The van der Waals surface area contributed by atoms with Crippen LogP contribution < -0.4 is 4.74 Å². The lowest BCUT2D eigenvalue weighted by molar-refractivity contribution is -0.154. The van der Waals surface area contributed by atoms with Crippen LogP contribution in [0.5, 0.6) is 5.75 Å². The quantitative estimate of drug-likeness (QED) is 0.554. The van der Waals surface area contributed by atoms with Gasteiger partial charge in [-0.05, 0) is 49.6 Å². The molecule has 3 aromatic rings. The summed E-state index contributed by atoms with van der Waals surface area (Å²) in [6.45, 7) is 6.70. The van der Waals surface area contributed by atoms with Gasteiger partial charge in [-0.1, -0.05) is 50.6 Å². The number of aliphatic carboxylic acids is 1. The number of carbonyl (C=O) groups is 1. The zero-order chi connectivity index (χ0) is 19.4. The molecule has 0 fully saturated rings. The van der Waals surface area contributed by atoms with Gasteiger partial charge >= 0.3 is 5.97 Å². The topological polar surface area (TPSA) is 51.5 Å². The Labute approximate surface area is 160 Å². The highest BCUT2D eigenvalue weighted by molar-refractivity contribution is 5.88. The lowest BCUT2D eigenvalue weighted by atomic mass is 10.0. The molecule has 0 bridgehead atoms. The van der Waals surface area contributed by atoms with Crippen LogP contribution in [0.1, 0.15) is 40.0 Å². The molecule has 1 atom stereocenters. The highest BCUT2D eigenvalue weighted by atomic mass is 16.5. The largest absolute Gasteiger partial charge is 0.478 e. The number of nitrogens with zero attached hydrogens (tertiary/aromatic N) is 1. The number of fused-ring (bicyclic) bond motifs is 1. The Bertz CT molecular complexity index is 929. The molecule has 0 saturated heterocycles. The molecule has 1 heterocycles. The molecule has 1 unspecified atom stereocenters. The Kier molecular flexibility index (Phi) is 5.54. The Hall–Kier alpha value is -2.75. The van der Waals surface area contributed by atoms with Gasteiger partial charge in [0.1, 0.15) is 5.75 Å². The fourth-order valence-electron chi connectivity index (χ4n) is 3.56. The molecule has 4 heteroatoms. The maximum atomic E-state index is 11.7. The van der Waals surface area contributed by atoms with Crippen molar-refractivity contribution in [2.75, 3.05) is 0 Å². The van der Waals surface area contributed by atoms with Crippen molar-refractivity contribution in [3.8, 4) is 17.0 Å². The van der Waals surface area contributed by atoms with Crippen molar-refractivity contribution in [3.63, 3.8) is 0 Å². The summed E-state index contributed by atoms with van der Waals surface area (Å²) in [5.74, 6) is -0.341. The summed E-state index contributed by atoms with van der Waals surface area (Å²) < 4.78 is 8.23. The molecule has 0 spiro atoms. The third kappa shape index (κ3) is 3.85. The molecule has 1 aromatic heterocycles. The van der Waals surface area contributed by atoms with E-state index in [1.807, 2.05) is 43.3 Å². The lowest BCUT2D eigenvalue weighted by Crippen LogP contribution is -2.41.